The molecule has 3 heteroatoms. The molecule has 2 fully saturated rings. The van der Waals surface area contributed by atoms with E-state index >= 15 is 0 Å². The fourth-order valence-corrected chi connectivity index (χ4v) is 4.11. The highest BCUT2D eigenvalue weighted by Gasteiger charge is 2.29. The number of unbranched alkanes of at least 4 members (excludes halogenated alkanes) is 1. The van der Waals surface area contributed by atoms with Crippen LogP contribution in [0.1, 0.15) is 58.8 Å². The zero-order valence-electron chi connectivity index (χ0n) is 12.0. The van der Waals surface area contributed by atoms with E-state index in [0.717, 1.165) is 24.4 Å². The van der Waals surface area contributed by atoms with Gasteiger partial charge in [-0.15, -0.1) is 0 Å². The largest absolute Gasteiger partial charge is 0.362 e. The summed E-state index contributed by atoms with van der Waals surface area (Å²) in [5, 5.41) is 4.89. The van der Waals surface area contributed by atoms with E-state index in [9.17, 15) is 0 Å². The Bertz CT molecular complexity index is 276. The first kappa shape index (κ1) is 14.2. The van der Waals surface area contributed by atoms with Crippen LogP contribution in [0.2, 0.25) is 0 Å². The van der Waals surface area contributed by atoms with E-state index in [4.69, 9.17) is 4.99 Å². The fourth-order valence-electron chi connectivity index (χ4n) is 2.92. The molecule has 1 heterocycles. The van der Waals surface area contributed by atoms with Crippen molar-refractivity contribution in [1.82, 2.24) is 5.32 Å². The Morgan fingerprint density at radius 1 is 1.28 bits per heavy atom. The number of hydrogen-bond donors (Lipinski definition) is 1. The van der Waals surface area contributed by atoms with Gasteiger partial charge < -0.3 is 5.32 Å². The Labute approximate surface area is 116 Å². The lowest BCUT2D eigenvalue weighted by Crippen LogP contribution is -2.46. The van der Waals surface area contributed by atoms with Gasteiger partial charge in [-0.25, -0.2) is 0 Å². The summed E-state index contributed by atoms with van der Waals surface area (Å²) in [5.74, 6) is 3.04. The van der Waals surface area contributed by atoms with E-state index in [-0.39, 0.29) is 0 Å². The van der Waals surface area contributed by atoms with E-state index in [0.29, 0.717) is 0 Å². The third kappa shape index (κ3) is 4.49. The Hall–Kier alpha value is -0.180. The lowest BCUT2D eigenvalue weighted by Gasteiger charge is -2.36. The zero-order valence-corrected chi connectivity index (χ0v) is 12.8. The van der Waals surface area contributed by atoms with Gasteiger partial charge in [-0.1, -0.05) is 51.3 Å². The monoisotopic (exact) mass is 268 g/mol. The molecule has 2 rings (SSSR count). The van der Waals surface area contributed by atoms with Gasteiger partial charge >= 0.3 is 0 Å². The Morgan fingerprint density at radius 3 is 2.94 bits per heavy atom. The van der Waals surface area contributed by atoms with Gasteiger partial charge in [-0.3, -0.25) is 4.99 Å². The Morgan fingerprint density at radius 2 is 2.11 bits per heavy atom. The minimum absolute atomic E-state index is 0.731. The summed E-state index contributed by atoms with van der Waals surface area (Å²) in [6.07, 6.45) is 9.54. The molecule has 0 aromatic carbocycles. The molecule has 0 bridgehead atoms. The van der Waals surface area contributed by atoms with Crippen LogP contribution in [0.4, 0.5) is 0 Å². The summed E-state index contributed by atoms with van der Waals surface area (Å²) in [5.41, 5.74) is 0. The molecule has 1 saturated carbocycles. The van der Waals surface area contributed by atoms with Gasteiger partial charge in [0.1, 0.15) is 0 Å². The third-order valence-electron chi connectivity index (χ3n) is 4.10. The van der Waals surface area contributed by atoms with Crippen molar-refractivity contribution < 1.29 is 0 Å². The number of nitrogens with one attached hydrogen (secondary N) is 1. The summed E-state index contributed by atoms with van der Waals surface area (Å²) in [7, 11) is 0. The number of rotatable bonds is 5. The van der Waals surface area contributed by atoms with Crippen LogP contribution in [0.25, 0.3) is 0 Å². The van der Waals surface area contributed by atoms with E-state index in [2.05, 4.69) is 19.2 Å². The molecule has 0 radical (unpaired) electrons. The molecule has 1 aliphatic carbocycles. The van der Waals surface area contributed by atoms with Gasteiger partial charge in [0.25, 0.3) is 0 Å². The number of hydrogen-bond acceptors (Lipinski definition) is 2. The predicted molar refractivity (Wildman–Crippen MR) is 82.3 cm³/mol. The van der Waals surface area contributed by atoms with Gasteiger partial charge in [0, 0.05) is 18.3 Å². The molecule has 2 nitrogen and oxygen atoms in total. The van der Waals surface area contributed by atoms with E-state index in [1.165, 1.54) is 55.9 Å². The fraction of sp³-hybridized carbons (Fsp3) is 0.933. The van der Waals surface area contributed by atoms with Crippen LogP contribution in [0.15, 0.2) is 4.99 Å². The number of aliphatic imine (C=N–C) groups is 1. The summed E-state index contributed by atoms with van der Waals surface area (Å²) >= 11 is 1.95. The Balaban J connectivity index is 1.66. The second-order valence-electron chi connectivity index (χ2n) is 6.18. The zero-order chi connectivity index (χ0) is 12.8. The molecular weight excluding hydrogens is 240 g/mol. The highest BCUT2D eigenvalue weighted by molar-refractivity contribution is 8.13. The predicted octanol–water partition coefficient (Wildman–Crippen LogP) is 4.06. The first-order valence-corrected chi connectivity index (χ1v) is 8.68. The molecule has 1 aliphatic heterocycles. The Kier molecular flexibility index (Phi) is 5.87. The molecule has 18 heavy (non-hydrogen) atoms. The van der Waals surface area contributed by atoms with Crippen LogP contribution >= 0.6 is 11.8 Å². The summed E-state index contributed by atoms with van der Waals surface area (Å²) in [4.78, 5) is 4.74. The smallest absolute Gasteiger partial charge is 0.156 e. The lowest BCUT2D eigenvalue weighted by atomic mass is 9.86. The first-order chi connectivity index (χ1) is 8.75. The van der Waals surface area contributed by atoms with E-state index < -0.39 is 0 Å². The number of fused-ring (bicyclic) bond motifs is 1. The molecule has 2 aliphatic rings. The van der Waals surface area contributed by atoms with Crippen LogP contribution < -0.4 is 5.32 Å². The first-order valence-electron chi connectivity index (χ1n) is 7.69. The molecule has 0 aromatic heterocycles. The van der Waals surface area contributed by atoms with Gasteiger partial charge in [-0.2, -0.15) is 0 Å². The van der Waals surface area contributed by atoms with Crippen molar-refractivity contribution in [3.8, 4) is 0 Å². The van der Waals surface area contributed by atoms with Crippen LogP contribution in [0.5, 0.6) is 0 Å². The average molecular weight is 268 g/mol. The van der Waals surface area contributed by atoms with Crippen molar-refractivity contribution in [2.45, 2.75) is 64.8 Å². The van der Waals surface area contributed by atoms with Crippen molar-refractivity contribution in [3.63, 3.8) is 0 Å². The topological polar surface area (TPSA) is 24.4 Å². The van der Waals surface area contributed by atoms with Crippen molar-refractivity contribution in [2.24, 2.45) is 16.8 Å². The van der Waals surface area contributed by atoms with Crippen LogP contribution in [0, 0.1) is 11.8 Å². The maximum Gasteiger partial charge on any atom is 0.156 e. The molecule has 0 spiro atoms. The van der Waals surface area contributed by atoms with Gasteiger partial charge in [0.2, 0.25) is 0 Å². The minimum atomic E-state index is 0.731. The SMILES string of the molecule is CC(C)CCCCN=C1NC2CCCCC2CS1. The normalized spacial score (nSPS) is 30.3. The third-order valence-corrected chi connectivity index (χ3v) is 5.21. The summed E-state index contributed by atoms with van der Waals surface area (Å²) in [6.45, 7) is 5.61. The number of thioether (sulfide) groups is 1. The maximum atomic E-state index is 4.74. The van der Waals surface area contributed by atoms with Crippen molar-refractivity contribution in [3.05, 3.63) is 0 Å². The lowest BCUT2D eigenvalue weighted by molar-refractivity contribution is 0.311. The van der Waals surface area contributed by atoms with Crippen LogP contribution in [0.3, 0.4) is 0 Å². The van der Waals surface area contributed by atoms with Gasteiger partial charge in [-0.05, 0) is 31.1 Å². The molecule has 2 unspecified atom stereocenters. The molecule has 0 aromatic rings. The molecule has 1 N–H and O–H groups in total. The molecular formula is C15H28N2S. The van der Waals surface area contributed by atoms with Gasteiger partial charge in [0.15, 0.2) is 5.17 Å². The highest BCUT2D eigenvalue weighted by atomic mass is 32.2. The van der Waals surface area contributed by atoms with E-state index in [1.54, 1.807) is 0 Å². The van der Waals surface area contributed by atoms with Crippen LogP contribution in [-0.2, 0) is 0 Å². The molecule has 104 valence electrons. The second-order valence-corrected chi connectivity index (χ2v) is 7.19. The van der Waals surface area contributed by atoms with Crippen LogP contribution in [-0.4, -0.2) is 23.5 Å². The summed E-state index contributed by atoms with van der Waals surface area (Å²) < 4.78 is 0. The van der Waals surface area contributed by atoms with E-state index in [1.807, 2.05) is 11.8 Å². The maximum absolute atomic E-state index is 4.74. The standard InChI is InChI=1S/C15H28N2S/c1-12(2)7-5-6-10-16-15-17-14-9-4-3-8-13(14)11-18-15/h12-14H,3-11H2,1-2H3,(H,16,17). The quantitative estimate of drug-likeness (QED) is 0.760. The van der Waals surface area contributed by atoms with Crippen molar-refractivity contribution in [1.29, 1.82) is 0 Å². The van der Waals surface area contributed by atoms with Crippen molar-refractivity contribution in [2.75, 3.05) is 12.3 Å². The highest BCUT2D eigenvalue weighted by Crippen LogP contribution is 2.31. The second kappa shape index (κ2) is 7.42. The van der Waals surface area contributed by atoms with Crippen molar-refractivity contribution >= 4 is 16.9 Å². The van der Waals surface area contributed by atoms with Gasteiger partial charge in [0.05, 0.1) is 0 Å². The molecule has 2 atom stereocenters. The number of amidine groups is 1. The molecule has 1 saturated heterocycles. The number of nitrogens with zero attached hydrogens (tertiary/aromatic N) is 1. The summed E-state index contributed by atoms with van der Waals surface area (Å²) in [6, 6.07) is 0.731. The minimum Gasteiger partial charge on any atom is -0.362 e. The molecule has 0 amide bonds. The average Bonchev–Trinajstić information content (AvgIpc) is 2.38.